The molecule has 0 aliphatic carbocycles. The van der Waals surface area contributed by atoms with Gasteiger partial charge in [-0.15, -0.1) is 0 Å². The molecule has 4 rings (SSSR count). The average Bonchev–Trinajstić information content (AvgIpc) is 3.24. The first-order chi connectivity index (χ1) is 15.4. The highest BCUT2D eigenvalue weighted by molar-refractivity contribution is 7.92. The van der Waals surface area contributed by atoms with Crippen molar-refractivity contribution >= 4 is 38.3 Å². The van der Waals surface area contributed by atoms with Gasteiger partial charge in [0.25, 0.3) is 5.91 Å². The van der Waals surface area contributed by atoms with Crippen molar-refractivity contribution in [2.24, 2.45) is 0 Å². The molecule has 9 heteroatoms. The Morgan fingerprint density at radius 2 is 1.81 bits per heavy atom. The number of amides is 1. The summed E-state index contributed by atoms with van der Waals surface area (Å²) in [4.78, 5) is 17.1. The lowest BCUT2D eigenvalue weighted by molar-refractivity contribution is 0.102. The Labute approximate surface area is 185 Å². The lowest BCUT2D eigenvalue weighted by Gasteiger charge is -2.13. The molecule has 0 aliphatic rings. The van der Waals surface area contributed by atoms with Crippen molar-refractivity contribution in [3.05, 3.63) is 78.6 Å². The van der Waals surface area contributed by atoms with E-state index in [2.05, 4.69) is 15.0 Å². The summed E-state index contributed by atoms with van der Waals surface area (Å²) >= 11 is 0. The smallest absolute Gasteiger partial charge is 0.255 e. The Morgan fingerprint density at radius 3 is 2.53 bits per heavy atom. The molecule has 0 fully saturated rings. The largest absolute Gasteiger partial charge is 0.494 e. The van der Waals surface area contributed by atoms with Crippen molar-refractivity contribution in [3.8, 4) is 11.4 Å². The van der Waals surface area contributed by atoms with E-state index in [9.17, 15) is 13.2 Å². The first-order valence-electron chi connectivity index (χ1n) is 9.92. The van der Waals surface area contributed by atoms with Gasteiger partial charge in [0.2, 0.25) is 10.0 Å². The van der Waals surface area contributed by atoms with Crippen molar-refractivity contribution in [2.75, 3.05) is 22.9 Å². The zero-order valence-corrected chi connectivity index (χ0v) is 18.4. The summed E-state index contributed by atoms with van der Waals surface area (Å²) < 4.78 is 33.3. The lowest BCUT2D eigenvalue weighted by atomic mass is 10.1. The monoisotopic (exact) mass is 450 g/mol. The number of carbonyl (C=O) groups is 1. The zero-order chi connectivity index (χ0) is 22.7. The molecule has 0 aliphatic heterocycles. The van der Waals surface area contributed by atoms with Crippen LogP contribution in [0.25, 0.3) is 16.7 Å². The molecule has 3 aromatic carbocycles. The second-order valence-corrected chi connectivity index (χ2v) is 9.04. The predicted molar refractivity (Wildman–Crippen MR) is 125 cm³/mol. The number of aromatic nitrogens is 2. The van der Waals surface area contributed by atoms with Gasteiger partial charge in [-0.05, 0) is 55.5 Å². The van der Waals surface area contributed by atoms with Crippen LogP contribution in [-0.2, 0) is 10.0 Å². The number of fused-ring (bicyclic) bond motifs is 1. The minimum atomic E-state index is -3.44. The van der Waals surface area contributed by atoms with Gasteiger partial charge in [-0.25, -0.2) is 13.4 Å². The van der Waals surface area contributed by atoms with Crippen LogP contribution in [0.5, 0.6) is 5.75 Å². The third-order valence-electron chi connectivity index (χ3n) is 4.97. The third-order valence-corrected chi connectivity index (χ3v) is 6.26. The minimum Gasteiger partial charge on any atom is -0.494 e. The summed E-state index contributed by atoms with van der Waals surface area (Å²) in [6.45, 7) is 1.55. The molecular weight excluding hydrogens is 428 g/mol. The van der Waals surface area contributed by atoms with E-state index < -0.39 is 10.0 Å². The number of ether oxygens (including phenoxy) is 1. The quantitative estimate of drug-likeness (QED) is 0.442. The molecule has 0 unspecified atom stereocenters. The van der Waals surface area contributed by atoms with Gasteiger partial charge in [0.05, 0.1) is 29.6 Å². The molecule has 0 spiro atoms. The predicted octanol–water partition coefficient (Wildman–Crippen LogP) is 4.05. The lowest BCUT2D eigenvalue weighted by Crippen LogP contribution is -2.16. The molecule has 0 atom stereocenters. The number of nitrogens with one attached hydrogen (secondary N) is 2. The number of imidazole rings is 1. The molecule has 4 aromatic rings. The number of rotatable bonds is 7. The van der Waals surface area contributed by atoms with Crippen LogP contribution in [0, 0.1) is 0 Å². The van der Waals surface area contributed by atoms with Crippen LogP contribution in [0.3, 0.4) is 0 Å². The van der Waals surface area contributed by atoms with Gasteiger partial charge >= 0.3 is 0 Å². The number of anilines is 2. The van der Waals surface area contributed by atoms with Crippen molar-refractivity contribution in [1.29, 1.82) is 0 Å². The van der Waals surface area contributed by atoms with Gasteiger partial charge in [-0.2, -0.15) is 0 Å². The van der Waals surface area contributed by atoms with Gasteiger partial charge in [0.15, 0.2) is 0 Å². The van der Waals surface area contributed by atoms with Crippen molar-refractivity contribution in [3.63, 3.8) is 0 Å². The van der Waals surface area contributed by atoms with Crippen LogP contribution >= 0.6 is 0 Å². The van der Waals surface area contributed by atoms with Crippen LogP contribution in [0.4, 0.5) is 11.4 Å². The summed E-state index contributed by atoms with van der Waals surface area (Å²) in [5, 5.41) is 2.81. The van der Waals surface area contributed by atoms with E-state index in [4.69, 9.17) is 4.74 Å². The fourth-order valence-electron chi connectivity index (χ4n) is 3.23. The topological polar surface area (TPSA) is 102 Å². The molecule has 1 aromatic heterocycles. The summed E-state index contributed by atoms with van der Waals surface area (Å²) in [5.41, 5.74) is 4.04. The molecular formula is C23H22N4O4S. The summed E-state index contributed by atoms with van der Waals surface area (Å²) in [6, 6.07) is 19.7. The standard InChI is InChI=1S/C23H22N4O4S/c1-3-32(29,30)26-20-13-10-17(14-22(20)31-2)25-23(28)16-8-11-18(12-9-16)27-15-24-19-6-4-5-7-21(19)27/h4-15,26H,3H2,1-2H3,(H,25,28). The third kappa shape index (κ3) is 4.42. The number of hydrogen-bond acceptors (Lipinski definition) is 5. The Bertz CT molecular complexity index is 1380. The molecule has 0 radical (unpaired) electrons. The molecule has 1 amide bonds. The molecule has 1 heterocycles. The van der Waals surface area contributed by atoms with Gasteiger partial charge in [0, 0.05) is 23.0 Å². The molecule has 0 saturated heterocycles. The van der Waals surface area contributed by atoms with Crippen LogP contribution in [0.2, 0.25) is 0 Å². The van der Waals surface area contributed by atoms with Crippen molar-refractivity contribution in [2.45, 2.75) is 6.92 Å². The number of hydrogen-bond donors (Lipinski definition) is 2. The van der Waals surface area contributed by atoms with Gasteiger partial charge in [0.1, 0.15) is 12.1 Å². The first kappa shape index (κ1) is 21.4. The van der Waals surface area contributed by atoms with Crippen molar-refractivity contribution in [1.82, 2.24) is 9.55 Å². The van der Waals surface area contributed by atoms with Crippen LogP contribution < -0.4 is 14.8 Å². The maximum Gasteiger partial charge on any atom is 0.255 e. The maximum atomic E-state index is 12.7. The maximum absolute atomic E-state index is 12.7. The Balaban J connectivity index is 1.51. The minimum absolute atomic E-state index is 0.0560. The molecule has 8 nitrogen and oxygen atoms in total. The Morgan fingerprint density at radius 1 is 1.06 bits per heavy atom. The van der Waals surface area contributed by atoms with E-state index in [1.807, 2.05) is 41.0 Å². The molecule has 0 saturated carbocycles. The fraction of sp³-hybridized carbons (Fsp3) is 0.130. The number of para-hydroxylation sites is 2. The Kier molecular flexibility index (Phi) is 5.83. The number of sulfonamides is 1. The molecule has 164 valence electrons. The van der Waals surface area contributed by atoms with Crippen molar-refractivity contribution < 1.29 is 17.9 Å². The molecule has 0 bridgehead atoms. The van der Waals surface area contributed by atoms with Gasteiger partial charge < -0.3 is 10.1 Å². The fourth-order valence-corrected chi connectivity index (χ4v) is 3.88. The van der Waals surface area contributed by atoms with E-state index in [1.165, 1.54) is 7.11 Å². The summed E-state index contributed by atoms with van der Waals surface area (Å²) in [7, 11) is -2.01. The number of methoxy groups -OCH3 is 1. The summed E-state index contributed by atoms with van der Waals surface area (Å²) in [6.07, 6.45) is 1.75. The average molecular weight is 451 g/mol. The highest BCUT2D eigenvalue weighted by Crippen LogP contribution is 2.29. The van der Waals surface area contributed by atoms with E-state index in [1.54, 1.807) is 43.6 Å². The number of benzene rings is 3. The molecule has 32 heavy (non-hydrogen) atoms. The highest BCUT2D eigenvalue weighted by Gasteiger charge is 2.13. The summed E-state index contributed by atoms with van der Waals surface area (Å²) in [5.74, 6) is -0.0439. The second-order valence-electron chi connectivity index (χ2n) is 7.02. The van der Waals surface area contributed by atoms with E-state index >= 15 is 0 Å². The van der Waals surface area contributed by atoms with E-state index in [0.29, 0.717) is 22.7 Å². The normalized spacial score (nSPS) is 11.3. The second kappa shape index (κ2) is 8.72. The van der Waals surface area contributed by atoms with Crippen LogP contribution in [-0.4, -0.2) is 36.7 Å². The Hall–Kier alpha value is -3.85. The van der Waals surface area contributed by atoms with Gasteiger partial charge in [-0.3, -0.25) is 14.1 Å². The highest BCUT2D eigenvalue weighted by atomic mass is 32.2. The number of carbonyl (C=O) groups excluding carboxylic acids is 1. The zero-order valence-electron chi connectivity index (χ0n) is 17.6. The van der Waals surface area contributed by atoms with E-state index in [0.717, 1.165) is 16.7 Å². The first-order valence-corrected chi connectivity index (χ1v) is 11.6. The van der Waals surface area contributed by atoms with Gasteiger partial charge in [-0.1, -0.05) is 12.1 Å². The van der Waals surface area contributed by atoms with Crippen LogP contribution in [0.1, 0.15) is 17.3 Å². The molecule has 2 N–H and O–H groups in total. The SMILES string of the molecule is CCS(=O)(=O)Nc1ccc(NC(=O)c2ccc(-n3cnc4ccccc43)cc2)cc1OC. The van der Waals surface area contributed by atoms with Crippen LogP contribution in [0.15, 0.2) is 73.1 Å². The number of nitrogens with zero attached hydrogens (tertiary/aromatic N) is 2. The van der Waals surface area contributed by atoms with E-state index in [-0.39, 0.29) is 11.7 Å².